The number of sulfonamides is 1. The van der Waals surface area contributed by atoms with E-state index in [0.717, 1.165) is 63.8 Å². The summed E-state index contributed by atoms with van der Waals surface area (Å²) in [5, 5.41) is 3.91. The lowest BCUT2D eigenvalue weighted by molar-refractivity contribution is -0.127. The van der Waals surface area contributed by atoms with Crippen molar-refractivity contribution in [1.82, 2.24) is 20.1 Å². The Kier molecular flexibility index (Phi) is 9.41. The van der Waals surface area contributed by atoms with Crippen LogP contribution in [0, 0.1) is 0 Å². The largest absolute Gasteiger partial charge is 0.358 e. The fourth-order valence-corrected chi connectivity index (χ4v) is 6.58. The Morgan fingerprint density at radius 1 is 1.13 bits per heavy atom. The highest BCUT2D eigenvalue weighted by atomic mass is 35.5. The number of rotatable bonds is 8. The van der Waals surface area contributed by atoms with E-state index in [1.807, 2.05) is 24.3 Å². The van der Waals surface area contributed by atoms with Crippen LogP contribution in [0.4, 0.5) is 11.5 Å². The van der Waals surface area contributed by atoms with Crippen LogP contribution in [0.25, 0.3) is 0 Å². The highest BCUT2D eigenvalue weighted by molar-refractivity contribution is 7.92. The van der Waals surface area contributed by atoms with Crippen molar-refractivity contribution in [2.45, 2.75) is 44.3 Å². The van der Waals surface area contributed by atoms with Crippen LogP contribution in [0.3, 0.4) is 0 Å². The number of piperazine rings is 1. The first-order valence-corrected chi connectivity index (χ1v) is 15.6. The fraction of sp³-hybridized carbons (Fsp3) is 0.538. The van der Waals surface area contributed by atoms with Crippen LogP contribution < -0.4 is 14.9 Å². The van der Waals surface area contributed by atoms with Crippen molar-refractivity contribution >= 4 is 50.6 Å². The van der Waals surface area contributed by atoms with Gasteiger partial charge in [-0.2, -0.15) is 0 Å². The summed E-state index contributed by atoms with van der Waals surface area (Å²) in [5.41, 5.74) is 1.31. The summed E-state index contributed by atoms with van der Waals surface area (Å²) in [7, 11) is -1.72. The molecule has 0 unspecified atom stereocenters. The Bertz CT molecular complexity index is 1220. The number of nitrogens with one attached hydrogen (secondary N) is 2. The standard InChI is InChI=1S/C26H36Cl2N6O3S/c1-4-21-17-33(25-23(28)15-20(16-30-25)31-38(3,36)37)13-14-34(21)22-9-11-32(12-10-22)24(26(35)29-2)18-5-7-19(27)8-6-18/h5-8,15-16,21-22,24,31H,4,9-14,17H2,1-3H3,(H,29,35)/t21-,24+/m0/s1. The van der Waals surface area contributed by atoms with Gasteiger partial charge in [-0.3, -0.25) is 19.3 Å². The van der Waals surface area contributed by atoms with E-state index in [1.165, 1.54) is 6.20 Å². The van der Waals surface area contributed by atoms with Gasteiger partial charge < -0.3 is 10.2 Å². The van der Waals surface area contributed by atoms with E-state index in [4.69, 9.17) is 23.2 Å². The highest BCUT2D eigenvalue weighted by Crippen LogP contribution is 2.32. The molecule has 0 aliphatic carbocycles. The molecule has 1 aromatic carbocycles. The number of likely N-dealkylation sites (tertiary alicyclic amines) is 1. The number of carbonyl (C=O) groups is 1. The van der Waals surface area contributed by atoms with Gasteiger partial charge in [-0.25, -0.2) is 13.4 Å². The maximum atomic E-state index is 12.8. The molecule has 2 saturated heterocycles. The Hall–Kier alpha value is -2.11. The molecule has 9 nitrogen and oxygen atoms in total. The van der Waals surface area contributed by atoms with Gasteiger partial charge in [0.2, 0.25) is 15.9 Å². The zero-order valence-corrected chi connectivity index (χ0v) is 24.4. The van der Waals surface area contributed by atoms with Gasteiger partial charge in [0.05, 0.1) is 23.2 Å². The van der Waals surface area contributed by atoms with Crippen molar-refractivity contribution in [3.63, 3.8) is 0 Å². The number of pyridine rings is 1. The molecule has 1 aromatic heterocycles. The van der Waals surface area contributed by atoms with E-state index in [1.54, 1.807) is 13.1 Å². The number of carbonyl (C=O) groups excluding carboxylic acids is 1. The smallest absolute Gasteiger partial charge is 0.241 e. The zero-order valence-electron chi connectivity index (χ0n) is 22.0. The molecule has 38 heavy (non-hydrogen) atoms. The summed E-state index contributed by atoms with van der Waals surface area (Å²) >= 11 is 12.6. The third kappa shape index (κ3) is 6.90. The highest BCUT2D eigenvalue weighted by Gasteiger charge is 2.36. The summed E-state index contributed by atoms with van der Waals surface area (Å²) < 4.78 is 25.5. The summed E-state index contributed by atoms with van der Waals surface area (Å²) in [6.07, 6.45) is 5.58. The average Bonchev–Trinajstić information content (AvgIpc) is 2.89. The Balaban J connectivity index is 1.40. The molecule has 0 bridgehead atoms. The maximum Gasteiger partial charge on any atom is 0.241 e. The summed E-state index contributed by atoms with van der Waals surface area (Å²) in [6, 6.07) is 9.61. The van der Waals surface area contributed by atoms with Crippen molar-refractivity contribution in [3.8, 4) is 0 Å². The second-order valence-electron chi connectivity index (χ2n) is 9.99. The van der Waals surface area contributed by atoms with E-state index in [0.29, 0.717) is 33.6 Å². The summed E-state index contributed by atoms with van der Waals surface area (Å²) in [6.45, 7) is 6.35. The minimum absolute atomic E-state index is 0.00652. The van der Waals surface area contributed by atoms with Crippen molar-refractivity contribution in [2.75, 3.05) is 55.6 Å². The lowest BCUT2D eigenvalue weighted by atomic mass is 9.95. The Morgan fingerprint density at radius 2 is 1.82 bits per heavy atom. The van der Waals surface area contributed by atoms with Gasteiger partial charge in [-0.1, -0.05) is 42.3 Å². The van der Waals surface area contributed by atoms with Crippen molar-refractivity contribution in [3.05, 3.63) is 52.1 Å². The summed E-state index contributed by atoms with van der Waals surface area (Å²) in [5.74, 6) is 0.669. The quantitative estimate of drug-likeness (QED) is 0.490. The molecule has 1 amide bonds. The Labute approximate surface area is 235 Å². The molecule has 0 saturated carbocycles. The SMILES string of the molecule is CC[C@H]1CN(c2ncc(NS(C)(=O)=O)cc2Cl)CCN1C1CCN([C@@H](C(=O)NC)c2ccc(Cl)cc2)CC1. The molecule has 2 aliphatic heterocycles. The average molecular weight is 584 g/mol. The number of anilines is 2. The molecular weight excluding hydrogens is 547 g/mol. The van der Waals surface area contributed by atoms with Gasteiger partial charge in [0.15, 0.2) is 0 Å². The van der Waals surface area contributed by atoms with E-state index in [-0.39, 0.29) is 11.9 Å². The van der Waals surface area contributed by atoms with Crippen molar-refractivity contribution in [2.24, 2.45) is 0 Å². The third-order valence-corrected chi connectivity index (χ3v) is 8.57. The second-order valence-corrected chi connectivity index (χ2v) is 12.6. The number of likely N-dealkylation sites (N-methyl/N-ethyl adjacent to an activating group) is 1. The van der Waals surface area contributed by atoms with E-state index < -0.39 is 10.0 Å². The molecule has 208 valence electrons. The first-order valence-electron chi connectivity index (χ1n) is 12.9. The normalized spacial score (nSPS) is 20.8. The van der Waals surface area contributed by atoms with Crippen LogP contribution in [-0.4, -0.2) is 87.2 Å². The molecule has 2 aromatic rings. The molecule has 0 spiro atoms. The minimum atomic E-state index is -3.40. The number of hydrogen-bond acceptors (Lipinski definition) is 7. The van der Waals surface area contributed by atoms with Crippen LogP contribution in [0.5, 0.6) is 0 Å². The monoisotopic (exact) mass is 582 g/mol. The number of piperidine rings is 1. The molecule has 2 aliphatic rings. The number of benzene rings is 1. The van der Waals surface area contributed by atoms with Gasteiger partial charge >= 0.3 is 0 Å². The van der Waals surface area contributed by atoms with E-state index in [2.05, 4.69) is 36.6 Å². The van der Waals surface area contributed by atoms with E-state index >= 15 is 0 Å². The molecular formula is C26H36Cl2N6O3S. The van der Waals surface area contributed by atoms with Crippen LogP contribution >= 0.6 is 23.2 Å². The van der Waals surface area contributed by atoms with Gasteiger partial charge in [0.25, 0.3) is 0 Å². The first kappa shape index (κ1) is 28.9. The molecule has 3 heterocycles. The maximum absolute atomic E-state index is 12.8. The fourth-order valence-electron chi connectivity index (χ4n) is 5.62. The van der Waals surface area contributed by atoms with Crippen molar-refractivity contribution in [1.29, 1.82) is 0 Å². The van der Waals surface area contributed by atoms with Crippen LogP contribution in [0.15, 0.2) is 36.5 Å². The van der Waals surface area contributed by atoms with Gasteiger partial charge in [-0.05, 0) is 43.0 Å². The predicted molar refractivity (Wildman–Crippen MR) is 154 cm³/mol. The van der Waals surface area contributed by atoms with Crippen molar-refractivity contribution < 1.29 is 13.2 Å². The zero-order chi connectivity index (χ0) is 27.4. The predicted octanol–water partition coefficient (Wildman–Crippen LogP) is 3.61. The molecule has 0 radical (unpaired) electrons. The molecule has 4 rings (SSSR count). The number of hydrogen-bond donors (Lipinski definition) is 2. The van der Waals surface area contributed by atoms with Crippen LogP contribution in [0.1, 0.15) is 37.8 Å². The number of halogens is 2. The summed E-state index contributed by atoms with van der Waals surface area (Å²) in [4.78, 5) is 24.4. The van der Waals surface area contributed by atoms with Gasteiger partial charge in [0.1, 0.15) is 11.9 Å². The second kappa shape index (κ2) is 12.4. The molecule has 12 heteroatoms. The lowest BCUT2D eigenvalue weighted by Gasteiger charge is -2.48. The lowest BCUT2D eigenvalue weighted by Crippen LogP contribution is -2.59. The van der Waals surface area contributed by atoms with E-state index in [9.17, 15) is 13.2 Å². The van der Waals surface area contributed by atoms with Gasteiger partial charge in [0, 0.05) is 56.9 Å². The third-order valence-electron chi connectivity index (χ3n) is 7.44. The molecule has 2 N–H and O–H groups in total. The Morgan fingerprint density at radius 3 is 2.39 bits per heavy atom. The van der Waals surface area contributed by atoms with Gasteiger partial charge in [-0.15, -0.1) is 0 Å². The first-order chi connectivity index (χ1) is 18.1. The minimum Gasteiger partial charge on any atom is -0.358 e. The number of amides is 1. The van der Waals surface area contributed by atoms with Crippen LogP contribution in [-0.2, 0) is 14.8 Å². The topological polar surface area (TPSA) is 97.9 Å². The number of nitrogens with zero attached hydrogens (tertiary/aromatic N) is 4. The number of aromatic nitrogens is 1. The van der Waals surface area contributed by atoms with Crippen LogP contribution in [0.2, 0.25) is 10.0 Å². The molecule has 2 atom stereocenters. The molecule has 2 fully saturated rings.